The van der Waals surface area contributed by atoms with Crippen molar-refractivity contribution in [2.24, 2.45) is 41.2 Å². The molecule has 5 fully saturated rings. The maximum atomic E-state index is 10.7. The Morgan fingerprint density at radius 3 is 2.82 bits per heavy atom. The van der Waals surface area contributed by atoms with Crippen molar-refractivity contribution < 1.29 is 14.9 Å². The zero-order valence-electron chi connectivity index (χ0n) is 23.7. The molecule has 1 spiro atoms. The van der Waals surface area contributed by atoms with Crippen LogP contribution in [-0.4, -0.2) is 40.1 Å². The molecule has 1 aromatic rings. The topological polar surface area (TPSA) is 87.7 Å². The van der Waals surface area contributed by atoms with Crippen LogP contribution in [-0.2, 0) is 24.1 Å². The maximum absolute atomic E-state index is 10.7. The van der Waals surface area contributed by atoms with Crippen molar-refractivity contribution in [3.8, 4) is 17.6 Å². The van der Waals surface area contributed by atoms with Gasteiger partial charge in [0.05, 0.1) is 17.1 Å². The van der Waals surface area contributed by atoms with Crippen LogP contribution in [0.5, 0.6) is 5.75 Å². The van der Waals surface area contributed by atoms with Crippen LogP contribution in [0.15, 0.2) is 12.1 Å². The molecule has 5 heteroatoms. The first-order valence-corrected chi connectivity index (χ1v) is 15.4. The van der Waals surface area contributed by atoms with Gasteiger partial charge in [-0.3, -0.25) is 0 Å². The predicted molar refractivity (Wildman–Crippen MR) is 150 cm³/mol. The van der Waals surface area contributed by atoms with E-state index in [0.29, 0.717) is 29.9 Å². The third kappa shape index (κ3) is 4.05. The summed E-state index contributed by atoms with van der Waals surface area (Å²) in [5.41, 5.74) is 10.2. The molecular weight excluding hydrogens is 472 g/mol. The van der Waals surface area contributed by atoms with Gasteiger partial charge >= 0.3 is 0 Å². The minimum atomic E-state index is -0.539. The second-order valence-corrected chi connectivity index (χ2v) is 13.8. The standard InChI is InChI=1S/C33H48N2O3/c1-4-13-35-19-24-17-27(37)16-22-8-6-10-29-32(25-9-5-7-21(14-25)15-28(22)24)18-23-11-12-26(20-36)33(29,34)30(23)31(2,3)38-32/h16-17,21,23,25-26,29-30,35-37H,4-5,7-9,11-15,18-20,34H2,1-3H3. The number of aliphatic hydroxyl groups is 1. The van der Waals surface area contributed by atoms with Gasteiger partial charge < -0.3 is 26.0 Å². The molecule has 1 aromatic carbocycles. The molecule has 0 amide bonds. The Morgan fingerprint density at radius 1 is 1.18 bits per heavy atom. The molecule has 3 saturated carbocycles. The summed E-state index contributed by atoms with van der Waals surface area (Å²) in [6.45, 7) is 8.59. The monoisotopic (exact) mass is 520 g/mol. The lowest BCUT2D eigenvalue weighted by molar-refractivity contribution is -0.339. The third-order valence-electron chi connectivity index (χ3n) is 11.2. The summed E-state index contributed by atoms with van der Waals surface area (Å²) < 4.78 is 7.29. The van der Waals surface area contributed by atoms with Crippen LogP contribution in [0.1, 0.15) is 88.8 Å². The Kier molecular flexibility index (Phi) is 6.87. The van der Waals surface area contributed by atoms with Crippen LogP contribution < -0.4 is 11.1 Å². The second kappa shape index (κ2) is 9.81. The first-order valence-electron chi connectivity index (χ1n) is 15.4. The van der Waals surface area contributed by atoms with Crippen molar-refractivity contribution in [3.05, 3.63) is 28.8 Å². The van der Waals surface area contributed by atoms with Crippen LogP contribution in [0.3, 0.4) is 0 Å². The highest BCUT2D eigenvalue weighted by atomic mass is 16.5. The Bertz CT molecular complexity index is 1120. The number of phenols is 1. The Balaban J connectivity index is 1.47. The highest BCUT2D eigenvalue weighted by Gasteiger charge is 2.74. The summed E-state index contributed by atoms with van der Waals surface area (Å²) >= 11 is 0. The lowest BCUT2D eigenvalue weighted by Crippen LogP contribution is -2.82. The average molecular weight is 521 g/mol. The van der Waals surface area contributed by atoms with Crippen molar-refractivity contribution in [2.45, 2.75) is 108 Å². The van der Waals surface area contributed by atoms with E-state index in [1.807, 2.05) is 12.1 Å². The van der Waals surface area contributed by atoms with Crippen LogP contribution in [0.4, 0.5) is 0 Å². The normalized spacial score (nSPS) is 40.8. The molecule has 6 bridgehead atoms. The highest BCUT2D eigenvalue weighted by molar-refractivity contribution is 5.45. The van der Waals surface area contributed by atoms with Gasteiger partial charge in [0.15, 0.2) is 0 Å². The van der Waals surface area contributed by atoms with Crippen LogP contribution in [0.25, 0.3) is 0 Å². The van der Waals surface area contributed by atoms with E-state index in [9.17, 15) is 10.2 Å². The van der Waals surface area contributed by atoms with Gasteiger partial charge in [-0.05, 0) is 112 Å². The van der Waals surface area contributed by atoms with E-state index in [4.69, 9.17) is 10.5 Å². The van der Waals surface area contributed by atoms with E-state index in [-0.39, 0.29) is 35.6 Å². The summed E-state index contributed by atoms with van der Waals surface area (Å²) in [5, 5.41) is 24.8. The fourth-order valence-corrected chi connectivity index (χ4v) is 10.1. The molecule has 2 aliphatic heterocycles. The van der Waals surface area contributed by atoms with Gasteiger partial charge in [0.25, 0.3) is 0 Å². The lowest BCUT2D eigenvalue weighted by atomic mass is 9.40. The molecule has 2 heterocycles. The van der Waals surface area contributed by atoms with E-state index in [0.717, 1.165) is 57.2 Å². The summed E-state index contributed by atoms with van der Waals surface area (Å²) in [7, 11) is 0. The fraction of sp³-hybridized carbons (Fsp3) is 0.758. The number of aromatic hydroxyl groups is 1. The molecular formula is C33H48N2O3. The van der Waals surface area contributed by atoms with Gasteiger partial charge in [-0.15, -0.1) is 0 Å². The maximum Gasteiger partial charge on any atom is 0.116 e. The number of nitrogens with one attached hydrogen (secondary N) is 1. The first kappa shape index (κ1) is 26.6. The summed E-state index contributed by atoms with van der Waals surface area (Å²) in [6.07, 6.45) is 10.7. The van der Waals surface area contributed by atoms with Crippen molar-refractivity contribution in [1.82, 2.24) is 5.32 Å². The predicted octanol–water partition coefficient (Wildman–Crippen LogP) is 4.70. The van der Waals surface area contributed by atoms with Crippen LogP contribution in [0.2, 0.25) is 0 Å². The zero-order valence-corrected chi connectivity index (χ0v) is 23.7. The Labute approximate surface area is 229 Å². The van der Waals surface area contributed by atoms with Gasteiger partial charge in [0, 0.05) is 36.9 Å². The van der Waals surface area contributed by atoms with Crippen molar-refractivity contribution in [2.75, 3.05) is 13.2 Å². The SMILES string of the molecule is CCCNCc1cc(O)cc2c1CC1CCCC(C1)C13CC4CCC(CO)C(N)(C4C(C)(C)O1)C3C#CC2. The smallest absolute Gasteiger partial charge is 0.116 e. The van der Waals surface area contributed by atoms with Gasteiger partial charge in [-0.2, -0.15) is 0 Å². The van der Waals surface area contributed by atoms with Crippen LogP contribution in [0, 0.1) is 47.3 Å². The van der Waals surface area contributed by atoms with Crippen molar-refractivity contribution in [3.63, 3.8) is 0 Å². The number of hydrogen-bond donors (Lipinski definition) is 4. The lowest BCUT2D eigenvalue weighted by Gasteiger charge is -2.73. The molecule has 2 saturated heterocycles. The van der Waals surface area contributed by atoms with E-state index in [1.165, 1.54) is 30.4 Å². The number of fused-ring (bicyclic) bond motifs is 4. The van der Waals surface area contributed by atoms with Gasteiger partial charge in [0.1, 0.15) is 5.75 Å². The van der Waals surface area contributed by atoms with E-state index in [1.54, 1.807) is 0 Å². The minimum absolute atomic E-state index is 0.0583. The molecule has 6 aliphatic rings. The van der Waals surface area contributed by atoms with Gasteiger partial charge in [0.2, 0.25) is 0 Å². The number of nitrogens with two attached hydrogens (primary N) is 1. The highest BCUT2D eigenvalue weighted by Crippen LogP contribution is 2.67. The van der Waals surface area contributed by atoms with E-state index < -0.39 is 5.54 Å². The third-order valence-corrected chi connectivity index (χ3v) is 11.2. The number of aliphatic hydroxyl groups excluding tert-OH is 1. The number of ether oxygens (including phenoxy) is 1. The first-order chi connectivity index (χ1) is 18.2. The molecule has 8 atom stereocenters. The van der Waals surface area contributed by atoms with Gasteiger partial charge in [-0.25, -0.2) is 0 Å². The number of hydrogen-bond acceptors (Lipinski definition) is 5. The van der Waals surface area contributed by atoms with E-state index >= 15 is 0 Å². The molecule has 7 rings (SSSR count). The fourth-order valence-electron chi connectivity index (χ4n) is 10.1. The molecule has 8 unspecified atom stereocenters. The quantitative estimate of drug-likeness (QED) is 0.334. The Morgan fingerprint density at radius 2 is 2.03 bits per heavy atom. The van der Waals surface area contributed by atoms with Crippen molar-refractivity contribution in [1.29, 1.82) is 0 Å². The Hall–Kier alpha value is -1.58. The zero-order chi connectivity index (χ0) is 26.7. The molecule has 38 heavy (non-hydrogen) atoms. The summed E-state index contributed by atoms with van der Waals surface area (Å²) in [6, 6.07) is 3.91. The molecule has 0 aromatic heterocycles. The minimum Gasteiger partial charge on any atom is -0.508 e. The number of benzene rings is 1. The van der Waals surface area contributed by atoms with Crippen LogP contribution >= 0.6 is 0 Å². The molecule has 208 valence electrons. The average Bonchev–Trinajstić information content (AvgIpc) is 2.88. The number of rotatable bonds is 5. The molecule has 5 nitrogen and oxygen atoms in total. The summed E-state index contributed by atoms with van der Waals surface area (Å²) in [5.74, 6) is 9.45. The van der Waals surface area contributed by atoms with Gasteiger partial charge in [-0.1, -0.05) is 31.6 Å². The molecule has 0 radical (unpaired) electrons. The summed E-state index contributed by atoms with van der Waals surface area (Å²) in [4.78, 5) is 0. The van der Waals surface area contributed by atoms with E-state index in [2.05, 4.69) is 37.9 Å². The molecule has 5 N–H and O–H groups in total. The largest absolute Gasteiger partial charge is 0.508 e. The number of phenolic OH excluding ortho intramolecular Hbond substituents is 1. The van der Waals surface area contributed by atoms with Crippen molar-refractivity contribution >= 4 is 0 Å². The molecule has 4 aliphatic carbocycles. The second-order valence-electron chi connectivity index (χ2n) is 13.8.